The highest BCUT2D eigenvalue weighted by atomic mass is 16.5. The van der Waals surface area contributed by atoms with Crippen molar-refractivity contribution >= 4 is 28.8 Å². The first-order valence-electron chi connectivity index (χ1n) is 10.1. The van der Waals surface area contributed by atoms with Crippen molar-refractivity contribution in [3.8, 4) is 5.75 Å². The van der Waals surface area contributed by atoms with Crippen molar-refractivity contribution in [2.45, 2.75) is 26.7 Å². The second-order valence-corrected chi connectivity index (χ2v) is 7.05. The lowest BCUT2D eigenvalue weighted by Gasteiger charge is -2.09. The van der Waals surface area contributed by atoms with Crippen molar-refractivity contribution < 1.29 is 28.3 Å². The van der Waals surface area contributed by atoms with Gasteiger partial charge in [-0.1, -0.05) is 12.1 Å². The number of carbonyl (C=O) groups excluding carboxylic acids is 3. The summed E-state index contributed by atoms with van der Waals surface area (Å²) in [6, 6.07) is 12.7. The van der Waals surface area contributed by atoms with E-state index in [2.05, 4.69) is 5.32 Å². The molecule has 0 aliphatic rings. The molecule has 0 saturated heterocycles. The Morgan fingerprint density at radius 2 is 1.78 bits per heavy atom. The number of fused-ring (bicyclic) bond motifs is 1. The molecule has 8 nitrogen and oxygen atoms in total. The second-order valence-electron chi connectivity index (χ2n) is 7.05. The molecule has 1 heterocycles. The van der Waals surface area contributed by atoms with Crippen molar-refractivity contribution in [1.29, 1.82) is 0 Å². The average molecular weight is 437 g/mol. The highest BCUT2D eigenvalue weighted by molar-refractivity contribution is 5.92. The maximum Gasteiger partial charge on any atom is 0.343 e. The van der Waals surface area contributed by atoms with Gasteiger partial charge in [0.2, 0.25) is 5.91 Å². The molecule has 3 aromatic rings. The lowest BCUT2D eigenvalue weighted by Crippen LogP contribution is -2.22. The van der Waals surface area contributed by atoms with E-state index in [-0.39, 0.29) is 30.3 Å². The third-order valence-electron chi connectivity index (χ3n) is 4.63. The normalized spacial score (nSPS) is 10.6. The fraction of sp³-hybridized carbons (Fsp3) is 0.250. The summed E-state index contributed by atoms with van der Waals surface area (Å²) in [6.45, 7) is 3.90. The quantitative estimate of drug-likeness (QED) is 0.328. The molecule has 0 saturated carbocycles. The summed E-state index contributed by atoms with van der Waals surface area (Å²) in [5, 5.41) is 3.20. The third-order valence-corrected chi connectivity index (χ3v) is 4.63. The molecule has 32 heavy (non-hydrogen) atoms. The molecule has 0 aliphatic carbocycles. The minimum absolute atomic E-state index is 0.0923. The summed E-state index contributed by atoms with van der Waals surface area (Å²) in [6.07, 6.45) is 0.543. The van der Waals surface area contributed by atoms with Gasteiger partial charge in [0.05, 0.1) is 18.6 Å². The van der Waals surface area contributed by atoms with E-state index >= 15 is 0 Å². The van der Waals surface area contributed by atoms with E-state index in [4.69, 9.17) is 13.9 Å². The molecular weight excluding hydrogens is 414 g/mol. The van der Waals surface area contributed by atoms with Crippen LogP contribution in [0.4, 0.5) is 0 Å². The lowest BCUT2D eigenvalue weighted by atomic mass is 10.1. The van der Waals surface area contributed by atoms with Crippen LogP contribution in [0, 0.1) is 0 Å². The maximum absolute atomic E-state index is 12.5. The van der Waals surface area contributed by atoms with Crippen molar-refractivity contribution in [2.75, 3.05) is 13.2 Å². The highest BCUT2D eigenvalue weighted by Crippen LogP contribution is 2.24. The Hall–Kier alpha value is -3.94. The van der Waals surface area contributed by atoms with Crippen LogP contribution >= 0.6 is 0 Å². The smallest absolute Gasteiger partial charge is 0.343 e. The number of hydrogen-bond acceptors (Lipinski definition) is 7. The average Bonchev–Trinajstić information content (AvgIpc) is 2.74. The summed E-state index contributed by atoms with van der Waals surface area (Å²) in [5.41, 5.74) is 1.45. The Balaban J connectivity index is 1.76. The maximum atomic E-state index is 12.5. The van der Waals surface area contributed by atoms with E-state index in [0.717, 1.165) is 5.56 Å². The molecular formula is C24H23NO7. The van der Waals surface area contributed by atoms with Crippen LogP contribution in [0.3, 0.4) is 0 Å². The summed E-state index contributed by atoms with van der Waals surface area (Å²) in [5.74, 6) is -0.871. The van der Waals surface area contributed by atoms with E-state index < -0.39 is 17.6 Å². The largest absolute Gasteiger partial charge is 0.466 e. The van der Waals surface area contributed by atoms with E-state index in [1.165, 1.54) is 25.1 Å². The Morgan fingerprint density at radius 1 is 1.03 bits per heavy atom. The zero-order valence-corrected chi connectivity index (χ0v) is 17.8. The molecule has 1 amide bonds. The number of ether oxygens (including phenoxy) is 2. The van der Waals surface area contributed by atoms with Gasteiger partial charge in [0, 0.05) is 24.9 Å². The van der Waals surface area contributed by atoms with E-state index in [0.29, 0.717) is 29.5 Å². The summed E-state index contributed by atoms with van der Waals surface area (Å²) in [4.78, 5) is 47.1. The van der Waals surface area contributed by atoms with Gasteiger partial charge < -0.3 is 19.2 Å². The van der Waals surface area contributed by atoms with Gasteiger partial charge >= 0.3 is 17.6 Å². The van der Waals surface area contributed by atoms with Crippen LogP contribution in [0.5, 0.6) is 5.75 Å². The van der Waals surface area contributed by atoms with Gasteiger partial charge in [0.15, 0.2) is 0 Å². The Bertz CT molecular complexity index is 1200. The fourth-order valence-corrected chi connectivity index (χ4v) is 3.14. The predicted octanol–water partition coefficient (Wildman–Crippen LogP) is 2.80. The highest BCUT2D eigenvalue weighted by Gasteiger charge is 2.14. The van der Waals surface area contributed by atoms with Gasteiger partial charge in [0.1, 0.15) is 11.3 Å². The van der Waals surface area contributed by atoms with Crippen LogP contribution in [0.15, 0.2) is 57.7 Å². The topological polar surface area (TPSA) is 112 Å². The Labute approximate surface area is 184 Å². The first kappa shape index (κ1) is 22.7. The Morgan fingerprint density at radius 3 is 2.47 bits per heavy atom. The van der Waals surface area contributed by atoms with Crippen molar-refractivity contribution in [3.05, 3.63) is 75.6 Å². The van der Waals surface area contributed by atoms with E-state index in [9.17, 15) is 19.2 Å². The monoisotopic (exact) mass is 437 g/mol. The van der Waals surface area contributed by atoms with Crippen LogP contribution in [0.25, 0.3) is 11.0 Å². The molecule has 3 rings (SSSR count). The first-order chi connectivity index (χ1) is 15.4. The lowest BCUT2D eigenvalue weighted by molar-refractivity contribution is -0.142. The predicted molar refractivity (Wildman–Crippen MR) is 117 cm³/mol. The molecule has 166 valence electrons. The van der Waals surface area contributed by atoms with Crippen LogP contribution in [0.1, 0.15) is 35.3 Å². The van der Waals surface area contributed by atoms with Gasteiger partial charge in [-0.05, 0) is 54.8 Å². The number of amides is 1. The molecule has 0 fully saturated rings. The van der Waals surface area contributed by atoms with Gasteiger partial charge in [-0.15, -0.1) is 0 Å². The van der Waals surface area contributed by atoms with Gasteiger partial charge in [-0.3, -0.25) is 9.59 Å². The summed E-state index contributed by atoms with van der Waals surface area (Å²) < 4.78 is 15.6. The molecule has 0 aliphatic heterocycles. The van der Waals surface area contributed by atoms with E-state index in [1.54, 1.807) is 37.3 Å². The molecule has 0 radical (unpaired) electrons. The van der Waals surface area contributed by atoms with Crippen molar-refractivity contribution in [2.24, 2.45) is 0 Å². The van der Waals surface area contributed by atoms with E-state index in [1.807, 2.05) is 0 Å². The molecule has 0 bridgehead atoms. The zero-order chi connectivity index (χ0) is 23.1. The fourth-order valence-electron chi connectivity index (χ4n) is 3.14. The van der Waals surface area contributed by atoms with Crippen molar-refractivity contribution in [3.63, 3.8) is 0 Å². The van der Waals surface area contributed by atoms with Crippen LogP contribution < -0.4 is 15.7 Å². The van der Waals surface area contributed by atoms with Gasteiger partial charge in [0.25, 0.3) is 0 Å². The number of esters is 2. The van der Waals surface area contributed by atoms with Gasteiger partial charge in [-0.25, -0.2) is 9.59 Å². The minimum atomic E-state index is -0.583. The van der Waals surface area contributed by atoms with Crippen molar-refractivity contribution in [1.82, 2.24) is 5.32 Å². The summed E-state index contributed by atoms with van der Waals surface area (Å²) in [7, 11) is 0. The first-order valence-corrected chi connectivity index (χ1v) is 10.1. The number of benzene rings is 2. The molecule has 0 spiro atoms. The zero-order valence-electron chi connectivity index (χ0n) is 17.8. The molecule has 0 atom stereocenters. The number of nitrogens with one attached hydrogen (secondary N) is 1. The van der Waals surface area contributed by atoms with Crippen LogP contribution in [0.2, 0.25) is 0 Å². The standard InChI is InChI=1S/C24H23NO7/c1-3-30-22(27)12-18-13-23(28)32-21-9-8-19(14-20(18)21)31-24(29)17-6-4-16(5-7-17)10-11-25-15(2)26/h4-9,13-14H,3,10-12H2,1-2H3,(H,25,26). The summed E-state index contributed by atoms with van der Waals surface area (Å²) >= 11 is 0. The molecule has 1 aromatic heterocycles. The van der Waals surface area contributed by atoms with Crippen LogP contribution in [-0.2, 0) is 27.2 Å². The molecule has 8 heteroatoms. The minimum Gasteiger partial charge on any atom is -0.466 e. The number of hydrogen-bond donors (Lipinski definition) is 1. The molecule has 2 aromatic carbocycles. The molecule has 1 N–H and O–H groups in total. The third kappa shape index (κ3) is 6.04. The van der Waals surface area contributed by atoms with Gasteiger partial charge in [-0.2, -0.15) is 0 Å². The molecule has 0 unspecified atom stereocenters. The van der Waals surface area contributed by atoms with Crippen LogP contribution in [-0.4, -0.2) is 31.0 Å². The SMILES string of the molecule is CCOC(=O)Cc1cc(=O)oc2ccc(OC(=O)c3ccc(CCNC(C)=O)cc3)cc12. The number of carbonyl (C=O) groups is 3. The number of rotatable bonds is 8. The Kier molecular flexibility index (Phi) is 7.38. The second kappa shape index (κ2) is 10.4.